The van der Waals surface area contributed by atoms with Gasteiger partial charge in [-0.2, -0.15) is 5.26 Å². The van der Waals surface area contributed by atoms with Gasteiger partial charge in [0.2, 0.25) is 0 Å². The van der Waals surface area contributed by atoms with E-state index in [0.717, 1.165) is 91.3 Å². The lowest BCUT2D eigenvalue weighted by Gasteiger charge is -2.57. The number of hydrogen-bond donors (Lipinski definition) is 1. The summed E-state index contributed by atoms with van der Waals surface area (Å²) in [6, 6.07) is 23.9. The molecule has 4 fully saturated rings. The van der Waals surface area contributed by atoms with Crippen molar-refractivity contribution in [2.24, 2.45) is 23.2 Å². The van der Waals surface area contributed by atoms with Crippen molar-refractivity contribution in [3.63, 3.8) is 0 Å². The Labute approximate surface area is 533 Å². The summed E-state index contributed by atoms with van der Waals surface area (Å²) in [7, 11) is 0. The topological polar surface area (TPSA) is 147 Å². The number of unbranched alkanes of at least 4 members (excludes halogenated alkanes) is 12. The second-order valence-corrected chi connectivity index (χ2v) is 26.6. The van der Waals surface area contributed by atoms with Gasteiger partial charge >= 0.3 is 0 Å². The van der Waals surface area contributed by atoms with E-state index in [1.807, 2.05) is 58.0 Å². The first kappa shape index (κ1) is 69.1. The highest BCUT2D eigenvalue weighted by Crippen LogP contribution is 2.61. The number of nitrogens with one attached hydrogen (secondary N) is 1. The number of aryl methyl sites for hydroxylation is 6. The highest BCUT2D eigenvalue weighted by atomic mass is 79.9. The molecule has 4 bridgehead atoms. The first-order valence-corrected chi connectivity index (χ1v) is 34.3. The van der Waals surface area contributed by atoms with E-state index in [9.17, 15) is 24.0 Å². The minimum Gasteiger partial charge on any atom is -0.383 e. The van der Waals surface area contributed by atoms with Crippen molar-refractivity contribution in [2.45, 2.75) is 217 Å². The first-order chi connectivity index (χ1) is 42.4. The van der Waals surface area contributed by atoms with Crippen molar-refractivity contribution in [1.29, 1.82) is 5.26 Å². The minimum absolute atomic E-state index is 0.0364. The van der Waals surface area contributed by atoms with E-state index in [1.165, 1.54) is 157 Å². The minimum atomic E-state index is -0.320. The van der Waals surface area contributed by atoms with Crippen molar-refractivity contribution in [3.05, 3.63) is 154 Å². The van der Waals surface area contributed by atoms with Crippen LogP contribution in [0, 0.1) is 81.9 Å². The van der Waals surface area contributed by atoms with E-state index in [-0.39, 0.29) is 22.5 Å². The van der Waals surface area contributed by atoms with E-state index in [1.54, 1.807) is 41.2 Å². The van der Waals surface area contributed by atoms with Crippen molar-refractivity contribution in [2.75, 3.05) is 47.8 Å². The van der Waals surface area contributed by atoms with E-state index in [4.69, 9.17) is 0 Å². The fourth-order valence-corrected chi connectivity index (χ4v) is 15.2. The van der Waals surface area contributed by atoms with E-state index in [0.29, 0.717) is 56.9 Å². The van der Waals surface area contributed by atoms with E-state index < -0.39 is 0 Å². The van der Waals surface area contributed by atoms with E-state index >= 15 is 0 Å². The van der Waals surface area contributed by atoms with Crippen LogP contribution in [0.25, 0.3) is 17.1 Å². The molecule has 3 aromatic carbocycles. The molecule has 476 valence electrons. The Morgan fingerprint density at radius 3 is 1.28 bits per heavy atom. The molecule has 15 heteroatoms. The van der Waals surface area contributed by atoms with Crippen LogP contribution in [0.5, 0.6) is 0 Å². The Balaban J connectivity index is 0.000000188. The summed E-state index contributed by atoms with van der Waals surface area (Å²) < 4.78 is 20.5. The highest BCUT2D eigenvalue weighted by molar-refractivity contribution is 9.10. The first-order valence-electron chi connectivity index (χ1n) is 33.5. The summed E-state index contributed by atoms with van der Waals surface area (Å²) in [6.07, 6.45) is 29.4. The van der Waals surface area contributed by atoms with Gasteiger partial charge in [0.05, 0.1) is 39.7 Å². The van der Waals surface area contributed by atoms with Crippen LogP contribution in [0.3, 0.4) is 0 Å². The lowest BCUT2D eigenvalue weighted by atomic mass is 9.49. The second-order valence-electron chi connectivity index (χ2n) is 25.8. The van der Waals surface area contributed by atoms with Gasteiger partial charge in [-0.25, -0.2) is 19.3 Å². The van der Waals surface area contributed by atoms with Crippen molar-refractivity contribution >= 4 is 33.0 Å². The Morgan fingerprint density at radius 1 is 0.534 bits per heavy atom. The third kappa shape index (κ3) is 19.1. The molecule has 0 unspecified atom stereocenters. The van der Waals surface area contributed by atoms with Gasteiger partial charge in [0.1, 0.15) is 29.4 Å². The van der Waals surface area contributed by atoms with Gasteiger partial charge in [0.15, 0.2) is 0 Å². The summed E-state index contributed by atoms with van der Waals surface area (Å²) in [6.45, 7) is 24.8. The molecule has 4 aliphatic rings. The quantitative estimate of drug-likeness (QED) is 0.0450. The zero-order valence-corrected chi connectivity index (χ0v) is 56.6. The molecule has 4 saturated carbocycles. The van der Waals surface area contributed by atoms with Crippen LogP contribution in [0.15, 0.2) is 91.7 Å². The molecule has 0 radical (unpaired) electrons. The second kappa shape index (κ2) is 34.0. The number of nitrogens with zero attached hydrogens (tertiary/aromatic N) is 9. The summed E-state index contributed by atoms with van der Waals surface area (Å²) >= 11 is 3.78. The van der Waals surface area contributed by atoms with Gasteiger partial charge in [-0.05, 0) is 200 Å². The molecule has 88 heavy (non-hydrogen) atoms. The van der Waals surface area contributed by atoms with Gasteiger partial charge in [-0.15, -0.1) is 0 Å². The monoisotopic (exact) mass is 1260 g/mol. The average Bonchev–Trinajstić information content (AvgIpc) is 1.64. The number of nitriles is 1. The summed E-state index contributed by atoms with van der Waals surface area (Å²) in [5, 5.41) is 13.2. The third-order valence-corrected chi connectivity index (χ3v) is 19.0. The molecule has 0 amide bonds. The fourth-order valence-electron chi connectivity index (χ4n) is 14.6. The van der Waals surface area contributed by atoms with Gasteiger partial charge < -0.3 is 15.1 Å². The molecule has 0 saturated heterocycles. The lowest BCUT2D eigenvalue weighted by molar-refractivity contribution is -0.0552. The van der Waals surface area contributed by atoms with Crippen molar-refractivity contribution in [3.8, 4) is 23.1 Å². The van der Waals surface area contributed by atoms with Gasteiger partial charge in [-0.3, -0.25) is 28.1 Å². The molecule has 13 nitrogen and oxygen atoms in total. The van der Waals surface area contributed by atoms with Crippen LogP contribution < -0.4 is 31.8 Å². The SMILES string of the molecule is CCCCCCN(CCCCCC)c1ccc(-n2c(C)nc(C)cc2=O)cc1Br.CCCCCCN(CCCCCC)c1ccc(-n2c(C)nc(C)cc2=O)cc1C#N.Cc1cc(=O)n(-c2ccc(NCCC34CC5CC(CC(C5)C3)C4)c(F)c2)c(C)n1. The summed E-state index contributed by atoms with van der Waals surface area (Å²) in [5.41, 5.74) is 7.68. The Kier molecular flexibility index (Phi) is 26.7. The van der Waals surface area contributed by atoms with Crippen LogP contribution in [-0.2, 0) is 0 Å². The predicted octanol–water partition coefficient (Wildman–Crippen LogP) is 17.3. The summed E-state index contributed by atoms with van der Waals surface area (Å²) in [5.74, 6) is 4.43. The smallest absolute Gasteiger partial charge is 0.258 e. The fraction of sp³-hybridized carbons (Fsp3) is 0.575. The third-order valence-electron chi connectivity index (χ3n) is 18.3. The number of anilines is 3. The molecule has 0 aliphatic heterocycles. The number of hydrogen-bond acceptors (Lipinski definition) is 10. The maximum absolute atomic E-state index is 14.8. The number of halogens is 2. The standard InChI is InChI=1S/C25H36N4O.C24H36BrN3O.C24H30FN3O/c1-5-7-9-11-15-28(16-12-10-8-6-2)24-14-13-23(18-22(24)19-26)29-21(4)27-20(3)17-25(29)30;1-5-7-9-11-15-27(16-12-10-8-6-2)23-14-13-21(18-22(23)25)28-20(4)26-19(3)17-24(28)29;1-15-7-23(29)28(16(2)27-15)20-3-4-22(21(25)11-20)26-6-5-24-12-17-8-18(13-24)10-19(9-17)14-24/h13-14,17-18H,5-12,15-16H2,1-4H3;13-14,17-18H,5-12,15-16H2,1-4H3;3-4,7,11,17-19,26H,5-6,8-10,12-14H2,1-2H3. The van der Waals surface area contributed by atoms with E-state index in [2.05, 4.69) is 85.8 Å². The zero-order chi connectivity index (χ0) is 63.3. The largest absolute Gasteiger partial charge is 0.383 e. The normalized spacial score (nSPS) is 17.2. The predicted molar refractivity (Wildman–Crippen MR) is 365 cm³/mol. The zero-order valence-electron chi connectivity index (χ0n) is 55.0. The molecular formula is C73H102BrFN10O3. The molecule has 4 aliphatic carbocycles. The van der Waals surface area contributed by atoms with Crippen LogP contribution in [-0.4, -0.2) is 61.4 Å². The van der Waals surface area contributed by atoms with Gasteiger partial charge in [0.25, 0.3) is 16.7 Å². The molecule has 3 aromatic heterocycles. The number of rotatable bonds is 29. The van der Waals surface area contributed by atoms with Crippen LogP contribution in [0.2, 0.25) is 0 Å². The molecule has 0 spiro atoms. The molecule has 1 N–H and O–H groups in total. The Bertz CT molecular complexity index is 3400. The van der Waals surface area contributed by atoms with Gasteiger partial charge in [0, 0.05) is 78.5 Å². The molecule has 3 heterocycles. The molecule has 0 atom stereocenters. The number of benzene rings is 3. The van der Waals surface area contributed by atoms with Crippen LogP contribution in [0.4, 0.5) is 21.5 Å². The highest BCUT2D eigenvalue weighted by Gasteiger charge is 2.50. The Hall–Kier alpha value is -6.40. The average molecular weight is 1270 g/mol. The Morgan fingerprint density at radius 2 is 0.909 bits per heavy atom. The van der Waals surface area contributed by atoms with Crippen LogP contribution >= 0.6 is 15.9 Å². The van der Waals surface area contributed by atoms with Crippen molar-refractivity contribution < 1.29 is 4.39 Å². The molecular weight excluding hydrogens is 1160 g/mol. The molecule has 6 aromatic rings. The maximum Gasteiger partial charge on any atom is 0.258 e. The molecule has 10 rings (SSSR count). The number of aromatic nitrogens is 6. The lowest BCUT2D eigenvalue weighted by Crippen LogP contribution is -2.46. The maximum atomic E-state index is 14.8. The van der Waals surface area contributed by atoms with Crippen molar-refractivity contribution in [1.82, 2.24) is 28.7 Å². The van der Waals surface area contributed by atoms with Crippen LogP contribution in [0.1, 0.15) is 215 Å². The van der Waals surface area contributed by atoms with Gasteiger partial charge in [-0.1, -0.05) is 105 Å². The summed E-state index contributed by atoms with van der Waals surface area (Å²) in [4.78, 5) is 55.4.